The van der Waals surface area contributed by atoms with E-state index >= 15 is 0 Å². The summed E-state index contributed by atoms with van der Waals surface area (Å²) in [6.07, 6.45) is 14.0. The largest absolute Gasteiger partial charge is 0.469 e. The van der Waals surface area contributed by atoms with Crippen LogP contribution in [0.5, 0.6) is 0 Å². The molecule has 0 heterocycles. The van der Waals surface area contributed by atoms with Crippen molar-refractivity contribution >= 4 is 15.6 Å². The van der Waals surface area contributed by atoms with Crippen LogP contribution in [0.15, 0.2) is 0 Å². The summed E-state index contributed by atoms with van der Waals surface area (Å²) in [4.78, 5) is 37.1. The predicted molar refractivity (Wildman–Crippen MR) is 124 cm³/mol. The maximum absolute atomic E-state index is 11.2. The number of nitrogens with zero attached hydrogens (tertiary/aromatic N) is 1. The lowest BCUT2D eigenvalue weighted by Gasteiger charge is -2.24. The number of likely N-dealkylation sites (N-methyl/N-ethyl adjacent to an activating group) is 1. The Morgan fingerprint density at radius 2 is 1.25 bits per heavy atom. The Kier molecular flexibility index (Phi) is 19.5. The maximum atomic E-state index is 11.2. The van der Waals surface area contributed by atoms with E-state index in [-0.39, 0.29) is 26.3 Å². The lowest BCUT2D eigenvalue weighted by molar-refractivity contribution is 0.0157. The third-order valence-corrected chi connectivity index (χ3v) is 6.07. The quantitative estimate of drug-likeness (QED) is 0.118. The molecule has 12 heteroatoms. The summed E-state index contributed by atoms with van der Waals surface area (Å²) < 4.78 is 36.6. The molecule has 0 bridgehead atoms. The second-order valence-electron chi connectivity index (χ2n) is 8.27. The molecule has 0 spiro atoms. The molecule has 0 aliphatic carbocycles. The maximum Gasteiger partial charge on any atom is 0.469 e. The molecule has 10 nitrogen and oxygen atoms in total. The molecule has 0 saturated heterocycles. The van der Waals surface area contributed by atoms with Gasteiger partial charge in [-0.1, -0.05) is 77.6 Å². The van der Waals surface area contributed by atoms with Crippen LogP contribution in [0, 0.1) is 0 Å². The van der Waals surface area contributed by atoms with Gasteiger partial charge in [-0.25, -0.2) is 9.13 Å². The highest BCUT2D eigenvalue weighted by Gasteiger charge is 2.24. The molecule has 0 aromatic rings. The van der Waals surface area contributed by atoms with Crippen molar-refractivity contribution < 1.29 is 42.5 Å². The van der Waals surface area contributed by atoms with Gasteiger partial charge in [0.2, 0.25) is 0 Å². The smallest absolute Gasteiger partial charge is 0.379 e. The van der Waals surface area contributed by atoms with E-state index in [1.54, 1.807) is 11.9 Å². The highest BCUT2D eigenvalue weighted by Crippen LogP contribution is 2.38. The monoisotopic (exact) mass is 505 g/mol. The van der Waals surface area contributed by atoms with Crippen LogP contribution < -0.4 is 0 Å². The molecule has 194 valence electrons. The Balaban J connectivity index is 3.84. The third-order valence-electron chi connectivity index (χ3n) is 4.98. The first kappa shape index (κ1) is 32.1. The lowest BCUT2D eigenvalue weighted by Crippen LogP contribution is -2.35. The van der Waals surface area contributed by atoms with Crippen molar-refractivity contribution in [3.63, 3.8) is 0 Å². The molecule has 32 heavy (non-hydrogen) atoms. The third kappa shape index (κ3) is 24.8. The molecule has 0 fully saturated rings. The van der Waals surface area contributed by atoms with Crippen molar-refractivity contribution in [2.75, 3.05) is 40.0 Å². The van der Waals surface area contributed by atoms with Crippen molar-refractivity contribution in [3.8, 4) is 0 Å². The summed E-state index contributed by atoms with van der Waals surface area (Å²) >= 11 is 0. The van der Waals surface area contributed by atoms with E-state index < -0.39 is 21.7 Å². The molecule has 0 aliphatic heterocycles. The Labute approximate surface area is 193 Å². The van der Waals surface area contributed by atoms with E-state index in [0.29, 0.717) is 6.61 Å². The molecule has 4 N–H and O–H groups in total. The number of phosphoric acid groups is 2. The van der Waals surface area contributed by atoms with E-state index in [0.717, 1.165) is 19.3 Å². The van der Waals surface area contributed by atoms with Gasteiger partial charge in [-0.05, 0) is 13.5 Å². The molecule has 0 amide bonds. The first-order chi connectivity index (χ1) is 15.0. The fraction of sp³-hybridized carbons (Fsp3) is 1.00. The Morgan fingerprint density at radius 3 is 1.72 bits per heavy atom. The van der Waals surface area contributed by atoms with Crippen molar-refractivity contribution in [1.29, 1.82) is 0 Å². The van der Waals surface area contributed by atoms with Crippen LogP contribution in [0.3, 0.4) is 0 Å². The van der Waals surface area contributed by atoms with Gasteiger partial charge in [-0.15, -0.1) is 0 Å². The molecule has 0 aliphatic rings. The van der Waals surface area contributed by atoms with Gasteiger partial charge in [0, 0.05) is 19.7 Å². The highest BCUT2D eigenvalue weighted by molar-refractivity contribution is 7.46. The summed E-state index contributed by atoms with van der Waals surface area (Å²) in [5.41, 5.74) is 0. The van der Waals surface area contributed by atoms with Crippen LogP contribution in [0.2, 0.25) is 0 Å². The Hall–Kier alpha value is 0.140. The van der Waals surface area contributed by atoms with Gasteiger partial charge in [0.05, 0.1) is 13.2 Å². The molecule has 1 unspecified atom stereocenters. The normalized spacial score (nSPS) is 13.7. The minimum Gasteiger partial charge on any atom is -0.379 e. The number of hydrogen-bond donors (Lipinski definition) is 4. The highest BCUT2D eigenvalue weighted by atomic mass is 31.2. The first-order valence-corrected chi connectivity index (χ1v) is 14.8. The standard InChI is InChI=1S/C20H45NO9P2/c1-3-4-5-6-7-8-9-10-11-12-13-14-16-28-19-20(30-32(25,26)27)18-21(2)15-17-29-31(22,23)24/h20H,3-19H2,1-2H3,(H2,22,23,24)(H2,25,26,27). The average molecular weight is 506 g/mol. The number of rotatable bonds is 23. The topological polar surface area (TPSA) is 146 Å². The molecule has 0 aromatic carbocycles. The zero-order valence-electron chi connectivity index (χ0n) is 19.8. The fourth-order valence-electron chi connectivity index (χ4n) is 3.33. The summed E-state index contributed by atoms with van der Waals surface area (Å²) in [5, 5.41) is 0. The van der Waals surface area contributed by atoms with Gasteiger partial charge in [0.15, 0.2) is 0 Å². The summed E-state index contributed by atoms with van der Waals surface area (Å²) in [5.74, 6) is 0. The van der Waals surface area contributed by atoms with Crippen molar-refractivity contribution in [2.24, 2.45) is 0 Å². The lowest BCUT2D eigenvalue weighted by atomic mass is 10.1. The Bertz CT molecular complexity index is 527. The summed E-state index contributed by atoms with van der Waals surface area (Å²) in [6, 6.07) is 0. The predicted octanol–water partition coefficient (Wildman–Crippen LogP) is 4.22. The molecule has 1 atom stereocenters. The number of phosphoric ester groups is 2. The van der Waals surface area contributed by atoms with Gasteiger partial charge in [-0.3, -0.25) is 9.05 Å². The number of unbranched alkanes of at least 4 members (excludes halogenated alkanes) is 11. The van der Waals surface area contributed by atoms with E-state index in [2.05, 4.69) is 11.4 Å². The van der Waals surface area contributed by atoms with Crippen LogP contribution in [0.25, 0.3) is 0 Å². The molecule has 0 rings (SSSR count). The van der Waals surface area contributed by atoms with Crippen LogP contribution >= 0.6 is 15.6 Å². The fourth-order valence-corrected chi connectivity index (χ4v) is 4.16. The van der Waals surface area contributed by atoms with Gasteiger partial charge in [0.25, 0.3) is 0 Å². The van der Waals surface area contributed by atoms with E-state index in [4.69, 9.17) is 28.8 Å². The van der Waals surface area contributed by atoms with Crippen molar-refractivity contribution in [1.82, 2.24) is 4.90 Å². The van der Waals surface area contributed by atoms with Gasteiger partial charge >= 0.3 is 15.6 Å². The minimum atomic E-state index is -4.68. The second kappa shape index (κ2) is 19.4. The van der Waals surface area contributed by atoms with E-state index in [1.807, 2.05) is 0 Å². The molecule has 0 saturated carbocycles. The van der Waals surface area contributed by atoms with Crippen LogP contribution in [0.4, 0.5) is 0 Å². The van der Waals surface area contributed by atoms with Gasteiger partial charge in [0.1, 0.15) is 6.10 Å². The van der Waals surface area contributed by atoms with Crippen molar-refractivity contribution in [3.05, 3.63) is 0 Å². The number of hydrogen-bond acceptors (Lipinski definition) is 6. The SMILES string of the molecule is CCCCCCCCCCCCCCOCC(CN(C)CCOP(=O)(O)O)OP(=O)(O)O. The zero-order chi connectivity index (χ0) is 24.3. The van der Waals surface area contributed by atoms with Crippen LogP contribution in [-0.2, 0) is 22.9 Å². The van der Waals surface area contributed by atoms with Crippen molar-refractivity contribution in [2.45, 2.75) is 90.1 Å². The average Bonchev–Trinajstić information content (AvgIpc) is 2.66. The van der Waals surface area contributed by atoms with Gasteiger partial charge in [-0.2, -0.15) is 0 Å². The van der Waals surface area contributed by atoms with E-state index in [9.17, 15) is 9.13 Å². The minimum absolute atomic E-state index is 0.0207. The molecule has 0 radical (unpaired) electrons. The Morgan fingerprint density at radius 1 is 0.750 bits per heavy atom. The van der Waals surface area contributed by atoms with Crippen LogP contribution in [-0.4, -0.2) is 70.5 Å². The molecule has 0 aromatic heterocycles. The summed E-state index contributed by atoms with van der Waals surface area (Å²) in [6.45, 7) is 2.80. The second-order valence-corrected chi connectivity index (χ2v) is 10.7. The summed E-state index contributed by atoms with van der Waals surface area (Å²) in [7, 11) is -7.59. The first-order valence-electron chi connectivity index (χ1n) is 11.7. The van der Waals surface area contributed by atoms with Crippen LogP contribution in [0.1, 0.15) is 84.0 Å². The van der Waals surface area contributed by atoms with Gasteiger partial charge < -0.3 is 29.2 Å². The molecular formula is C20H45NO9P2. The zero-order valence-corrected chi connectivity index (χ0v) is 21.6. The molecular weight excluding hydrogens is 460 g/mol. The number of ether oxygens (including phenoxy) is 1. The van der Waals surface area contributed by atoms with E-state index in [1.165, 1.54) is 57.8 Å².